The molecule has 4 unspecified atom stereocenters. The Kier molecular flexibility index (Phi) is 4.84. The number of hydrogen-bond donors (Lipinski definition) is 1. The first-order chi connectivity index (χ1) is 15.0. The number of likely N-dealkylation sites (tertiary alicyclic amines) is 1. The first-order valence-corrected chi connectivity index (χ1v) is 11.2. The molecule has 2 aliphatic rings. The van der Waals surface area contributed by atoms with Gasteiger partial charge in [-0.05, 0) is 42.9 Å². The number of carbonyl (C=O) groups excluding carboxylic acids is 2. The molecule has 1 saturated heterocycles. The van der Waals surface area contributed by atoms with Gasteiger partial charge in [-0.3, -0.25) is 9.59 Å². The second-order valence-corrected chi connectivity index (χ2v) is 9.36. The van der Waals surface area contributed by atoms with E-state index in [1.165, 1.54) is 0 Å². The largest absolute Gasteiger partial charge is 0.361 e. The van der Waals surface area contributed by atoms with E-state index in [0.717, 1.165) is 41.5 Å². The summed E-state index contributed by atoms with van der Waals surface area (Å²) in [5.41, 5.74) is 3.73. The molecule has 3 aromatic rings. The molecule has 0 bridgehead atoms. The van der Waals surface area contributed by atoms with E-state index in [9.17, 15) is 9.59 Å². The van der Waals surface area contributed by atoms with Crippen molar-refractivity contribution in [2.75, 3.05) is 13.1 Å². The molecular weight excluding hydrogens is 386 g/mol. The van der Waals surface area contributed by atoms with E-state index >= 15 is 0 Å². The molecule has 0 radical (unpaired) electrons. The summed E-state index contributed by atoms with van der Waals surface area (Å²) in [6, 6.07) is 15.1. The van der Waals surface area contributed by atoms with Crippen LogP contribution in [-0.4, -0.2) is 45.7 Å². The first kappa shape index (κ1) is 19.9. The van der Waals surface area contributed by atoms with Crippen molar-refractivity contribution in [3.63, 3.8) is 0 Å². The molecule has 2 aromatic carbocycles. The van der Waals surface area contributed by atoms with Gasteiger partial charge in [-0.25, -0.2) is 0 Å². The number of nitrogens with zero attached hydrogens (tertiary/aromatic N) is 2. The highest BCUT2D eigenvalue weighted by Gasteiger charge is 2.44. The van der Waals surface area contributed by atoms with Crippen LogP contribution in [0.1, 0.15) is 54.7 Å². The van der Waals surface area contributed by atoms with Crippen molar-refractivity contribution in [1.29, 1.82) is 0 Å². The van der Waals surface area contributed by atoms with Crippen molar-refractivity contribution in [3.8, 4) is 0 Å². The zero-order chi connectivity index (χ0) is 21.7. The summed E-state index contributed by atoms with van der Waals surface area (Å²) in [5.74, 6) is 0.945. The van der Waals surface area contributed by atoms with E-state index < -0.39 is 6.04 Å². The van der Waals surface area contributed by atoms with Gasteiger partial charge in [0, 0.05) is 41.3 Å². The standard InChI is InChI=1S/C26H29N3O2/c1-16-12-17(2)15-28(14-16)25(30)18(3)29-24(20-9-4-5-10-21(20)26(29)31)22-13-27-23-11-7-6-8-19(22)23/h4-11,13,16-18,24,27H,12,14-15H2,1-3H3. The van der Waals surface area contributed by atoms with Crippen LogP contribution in [0.4, 0.5) is 0 Å². The van der Waals surface area contributed by atoms with Gasteiger partial charge in [0.25, 0.3) is 5.91 Å². The van der Waals surface area contributed by atoms with Crippen LogP contribution in [0.15, 0.2) is 54.7 Å². The molecule has 1 N–H and O–H groups in total. The quantitative estimate of drug-likeness (QED) is 0.679. The highest BCUT2D eigenvalue weighted by molar-refractivity contribution is 6.03. The number of piperidine rings is 1. The van der Waals surface area contributed by atoms with Crippen LogP contribution in [0.3, 0.4) is 0 Å². The van der Waals surface area contributed by atoms with Gasteiger partial charge in [-0.15, -0.1) is 0 Å². The Hall–Kier alpha value is -3.08. The maximum absolute atomic E-state index is 13.6. The summed E-state index contributed by atoms with van der Waals surface area (Å²) in [6.07, 6.45) is 3.13. The number of fused-ring (bicyclic) bond motifs is 2. The van der Waals surface area contributed by atoms with Crippen LogP contribution in [-0.2, 0) is 4.79 Å². The molecule has 2 aliphatic heterocycles. The number of aromatic nitrogens is 1. The highest BCUT2D eigenvalue weighted by Crippen LogP contribution is 2.42. The number of para-hydroxylation sites is 1. The molecular formula is C26H29N3O2. The molecule has 160 valence electrons. The predicted molar refractivity (Wildman–Crippen MR) is 122 cm³/mol. The van der Waals surface area contributed by atoms with Crippen molar-refractivity contribution < 1.29 is 9.59 Å². The Morgan fingerprint density at radius 2 is 1.68 bits per heavy atom. The SMILES string of the molecule is CC1CC(C)CN(C(=O)C(C)N2C(=O)c3ccccc3C2c2c[nH]c3ccccc23)C1. The molecule has 1 fully saturated rings. The second kappa shape index (κ2) is 7.56. The zero-order valence-corrected chi connectivity index (χ0v) is 18.3. The molecule has 0 saturated carbocycles. The van der Waals surface area contributed by atoms with Gasteiger partial charge in [0.15, 0.2) is 0 Å². The third kappa shape index (κ3) is 3.23. The third-order valence-corrected chi connectivity index (χ3v) is 6.87. The van der Waals surface area contributed by atoms with Gasteiger partial charge >= 0.3 is 0 Å². The fraction of sp³-hybridized carbons (Fsp3) is 0.385. The van der Waals surface area contributed by atoms with E-state index in [1.807, 2.05) is 60.5 Å². The second-order valence-electron chi connectivity index (χ2n) is 9.36. The fourth-order valence-electron chi connectivity index (χ4n) is 5.60. The smallest absolute Gasteiger partial charge is 0.255 e. The Morgan fingerprint density at radius 3 is 2.45 bits per heavy atom. The lowest BCUT2D eigenvalue weighted by Gasteiger charge is -2.39. The number of aromatic amines is 1. The number of amides is 2. The lowest BCUT2D eigenvalue weighted by molar-refractivity contribution is -0.138. The minimum atomic E-state index is -0.531. The summed E-state index contributed by atoms with van der Waals surface area (Å²) in [5, 5.41) is 1.09. The molecule has 5 rings (SSSR count). The topological polar surface area (TPSA) is 56.4 Å². The Morgan fingerprint density at radius 1 is 1.00 bits per heavy atom. The van der Waals surface area contributed by atoms with Gasteiger partial charge in [0.05, 0.1) is 6.04 Å². The van der Waals surface area contributed by atoms with Crippen molar-refractivity contribution in [1.82, 2.24) is 14.8 Å². The number of nitrogens with one attached hydrogen (secondary N) is 1. The predicted octanol–water partition coefficient (Wildman–Crippen LogP) is 4.61. The van der Waals surface area contributed by atoms with E-state index in [-0.39, 0.29) is 17.9 Å². The summed E-state index contributed by atoms with van der Waals surface area (Å²) in [6.45, 7) is 7.82. The molecule has 4 atom stereocenters. The number of rotatable bonds is 3. The molecule has 31 heavy (non-hydrogen) atoms. The number of benzene rings is 2. The van der Waals surface area contributed by atoms with E-state index in [4.69, 9.17) is 0 Å². The summed E-state index contributed by atoms with van der Waals surface area (Å²) < 4.78 is 0. The molecule has 3 heterocycles. The van der Waals surface area contributed by atoms with Crippen LogP contribution in [0.2, 0.25) is 0 Å². The molecule has 0 spiro atoms. The minimum Gasteiger partial charge on any atom is -0.361 e. The van der Waals surface area contributed by atoms with Crippen LogP contribution < -0.4 is 0 Å². The molecule has 1 aromatic heterocycles. The average Bonchev–Trinajstić information content (AvgIpc) is 3.31. The number of hydrogen-bond acceptors (Lipinski definition) is 2. The molecule has 2 amide bonds. The average molecular weight is 416 g/mol. The third-order valence-electron chi connectivity index (χ3n) is 6.87. The van der Waals surface area contributed by atoms with Crippen molar-refractivity contribution >= 4 is 22.7 Å². The van der Waals surface area contributed by atoms with Gasteiger partial charge < -0.3 is 14.8 Å². The lowest BCUT2D eigenvalue weighted by Crippen LogP contribution is -2.52. The van der Waals surface area contributed by atoms with Gasteiger partial charge in [0.2, 0.25) is 5.91 Å². The maximum Gasteiger partial charge on any atom is 0.255 e. The molecule has 0 aliphatic carbocycles. The van der Waals surface area contributed by atoms with Crippen LogP contribution in [0, 0.1) is 11.8 Å². The van der Waals surface area contributed by atoms with E-state index in [0.29, 0.717) is 17.4 Å². The van der Waals surface area contributed by atoms with Gasteiger partial charge in [-0.1, -0.05) is 50.2 Å². The lowest BCUT2D eigenvalue weighted by atomic mass is 9.91. The van der Waals surface area contributed by atoms with Gasteiger partial charge in [-0.2, -0.15) is 0 Å². The summed E-state index contributed by atoms with van der Waals surface area (Å²) in [7, 11) is 0. The van der Waals surface area contributed by atoms with Crippen molar-refractivity contribution in [2.45, 2.75) is 39.3 Å². The number of carbonyl (C=O) groups is 2. The van der Waals surface area contributed by atoms with Crippen LogP contribution in [0.5, 0.6) is 0 Å². The van der Waals surface area contributed by atoms with Crippen LogP contribution in [0.25, 0.3) is 10.9 Å². The van der Waals surface area contributed by atoms with Crippen molar-refractivity contribution in [3.05, 3.63) is 71.4 Å². The van der Waals surface area contributed by atoms with Crippen molar-refractivity contribution in [2.24, 2.45) is 11.8 Å². The highest BCUT2D eigenvalue weighted by atomic mass is 16.2. The Bertz CT molecular complexity index is 1140. The van der Waals surface area contributed by atoms with E-state index in [1.54, 1.807) is 4.90 Å². The minimum absolute atomic E-state index is 0.0457. The van der Waals surface area contributed by atoms with E-state index in [2.05, 4.69) is 24.9 Å². The Labute approximate surface area is 183 Å². The zero-order valence-electron chi connectivity index (χ0n) is 18.3. The molecule has 5 nitrogen and oxygen atoms in total. The first-order valence-electron chi connectivity index (χ1n) is 11.2. The monoisotopic (exact) mass is 415 g/mol. The summed E-state index contributed by atoms with van der Waals surface area (Å²) in [4.78, 5) is 34.2. The Balaban J connectivity index is 1.56. The maximum atomic E-state index is 13.6. The fourth-order valence-corrected chi connectivity index (χ4v) is 5.60. The molecule has 5 heteroatoms. The van der Waals surface area contributed by atoms with Gasteiger partial charge in [0.1, 0.15) is 6.04 Å². The summed E-state index contributed by atoms with van der Waals surface area (Å²) >= 11 is 0. The number of H-pyrrole nitrogens is 1. The normalized spacial score (nSPS) is 24.5. The van der Waals surface area contributed by atoms with Crippen LogP contribution >= 0.6 is 0 Å².